The van der Waals surface area contributed by atoms with E-state index in [1.54, 1.807) is 13.8 Å². The van der Waals surface area contributed by atoms with Crippen molar-refractivity contribution in [1.29, 1.82) is 0 Å². The maximum Gasteiger partial charge on any atom is 0.306 e. The lowest BCUT2D eigenvalue weighted by atomic mass is 9.94. The Morgan fingerprint density at radius 2 is 1.85 bits per heavy atom. The second kappa shape index (κ2) is 4.60. The van der Waals surface area contributed by atoms with Gasteiger partial charge in [0, 0.05) is 6.26 Å². The van der Waals surface area contributed by atoms with E-state index in [0.29, 0.717) is 6.42 Å². The van der Waals surface area contributed by atoms with Gasteiger partial charge in [-0.1, -0.05) is 13.8 Å². The van der Waals surface area contributed by atoms with Gasteiger partial charge in [-0.05, 0) is 12.3 Å². The van der Waals surface area contributed by atoms with E-state index in [1.807, 2.05) is 0 Å². The Morgan fingerprint density at radius 1 is 1.38 bits per heavy atom. The van der Waals surface area contributed by atoms with Gasteiger partial charge in [-0.25, -0.2) is 8.42 Å². The third-order valence-electron chi connectivity index (χ3n) is 2.19. The Labute approximate surface area is 78.9 Å². The summed E-state index contributed by atoms with van der Waals surface area (Å²) in [5.74, 6) is -1.40. The van der Waals surface area contributed by atoms with Crippen LogP contribution in [0.4, 0.5) is 0 Å². The first-order valence-corrected chi connectivity index (χ1v) is 6.20. The highest BCUT2D eigenvalue weighted by molar-refractivity contribution is 7.90. The van der Waals surface area contributed by atoms with Crippen molar-refractivity contribution in [3.63, 3.8) is 0 Å². The molecule has 0 bridgehead atoms. The van der Waals surface area contributed by atoms with Gasteiger partial charge < -0.3 is 5.11 Å². The molecule has 0 aliphatic heterocycles. The fraction of sp³-hybridized carbons (Fsp3) is 0.875. The fourth-order valence-electron chi connectivity index (χ4n) is 0.893. The minimum Gasteiger partial charge on any atom is -0.481 e. The Morgan fingerprint density at radius 3 is 2.15 bits per heavy atom. The number of aliphatic carboxylic acids is 1. The number of carboxylic acids is 1. The predicted molar refractivity (Wildman–Crippen MR) is 50.3 cm³/mol. The van der Waals surface area contributed by atoms with Gasteiger partial charge in [-0.3, -0.25) is 4.79 Å². The lowest BCUT2D eigenvalue weighted by Gasteiger charge is -2.14. The van der Waals surface area contributed by atoms with E-state index in [9.17, 15) is 13.2 Å². The number of hydrogen-bond acceptors (Lipinski definition) is 3. The van der Waals surface area contributed by atoms with Crippen molar-refractivity contribution in [3.05, 3.63) is 0 Å². The Balaban J connectivity index is 4.02. The molecule has 4 nitrogen and oxygen atoms in total. The molecule has 0 aromatic heterocycles. The smallest absolute Gasteiger partial charge is 0.306 e. The van der Waals surface area contributed by atoms with Gasteiger partial charge in [0.05, 0.1) is 11.7 Å². The molecule has 0 saturated heterocycles. The van der Waals surface area contributed by atoms with E-state index in [4.69, 9.17) is 5.11 Å². The van der Waals surface area contributed by atoms with Crippen LogP contribution in [-0.4, -0.2) is 31.5 Å². The molecule has 0 spiro atoms. The van der Waals surface area contributed by atoms with Crippen molar-refractivity contribution in [2.24, 2.45) is 11.8 Å². The predicted octanol–water partition coefficient (Wildman–Crippen LogP) is 0.778. The molecule has 1 N–H and O–H groups in total. The second-order valence-electron chi connectivity index (χ2n) is 3.52. The molecule has 0 radical (unpaired) electrons. The van der Waals surface area contributed by atoms with Gasteiger partial charge in [-0.15, -0.1) is 0 Å². The lowest BCUT2D eigenvalue weighted by molar-refractivity contribution is -0.142. The molecule has 0 heterocycles. The highest BCUT2D eigenvalue weighted by Gasteiger charge is 2.20. The van der Waals surface area contributed by atoms with Crippen LogP contribution in [0, 0.1) is 11.8 Å². The van der Waals surface area contributed by atoms with Crippen LogP contribution in [0.1, 0.15) is 20.3 Å². The second-order valence-corrected chi connectivity index (χ2v) is 5.78. The number of carbonyl (C=O) groups is 1. The molecular weight excluding hydrogens is 192 g/mol. The number of sulfone groups is 1. The SMILES string of the molecule is CC(CCS(C)(=O)=O)C(C)C(=O)O. The molecular formula is C8H16O4S. The summed E-state index contributed by atoms with van der Waals surface area (Å²) in [5.41, 5.74) is 0. The van der Waals surface area contributed by atoms with Crippen LogP contribution in [0.15, 0.2) is 0 Å². The van der Waals surface area contributed by atoms with Crippen molar-refractivity contribution in [1.82, 2.24) is 0 Å². The molecule has 2 unspecified atom stereocenters. The quantitative estimate of drug-likeness (QED) is 0.724. The van der Waals surface area contributed by atoms with Gasteiger partial charge in [-0.2, -0.15) is 0 Å². The number of rotatable bonds is 5. The minimum atomic E-state index is -2.97. The summed E-state index contributed by atoms with van der Waals surface area (Å²) in [7, 11) is -2.97. The van der Waals surface area contributed by atoms with Gasteiger partial charge in [0.25, 0.3) is 0 Å². The zero-order valence-electron chi connectivity index (χ0n) is 8.15. The average Bonchev–Trinajstić information content (AvgIpc) is 1.97. The summed E-state index contributed by atoms with van der Waals surface area (Å²) in [4.78, 5) is 10.5. The third kappa shape index (κ3) is 5.63. The van der Waals surface area contributed by atoms with Crippen molar-refractivity contribution in [2.75, 3.05) is 12.0 Å². The average molecular weight is 208 g/mol. The van der Waals surface area contributed by atoms with Crippen LogP contribution in [0.25, 0.3) is 0 Å². The molecule has 13 heavy (non-hydrogen) atoms. The highest BCUT2D eigenvalue weighted by atomic mass is 32.2. The number of hydrogen-bond donors (Lipinski definition) is 1. The molecule has 0 aliphatic carbocycles. The summed E-state index contributed by atoms with van der Waals surface area (Å²) in [6.45, 7) is 3.35. The summed E-state index contributed by atoms with van der Waals surface area (Å²) in [6.07, 6.45) is 1.57. The molecule has 0 aromatic rings. The maximum absolute atomic E-state index is 10.8. The van der Waals surface area contributed by atoms with E-state index in [2.05, 4.69) is 0 Å². The van der Waals surface area contributed by atoms with Crippen molar-refractivity contribution in [3.8, 4) is 0 Å². The Kier molecular flexibility index (Phi) is 4.39. The molecule has 2 atom stereocenters. The molecule has 0 aliphatic rings. The number of carboxylic acid groups (broad SMARTS) is 1. The van der Waals surface area contributed by atoms with Gasteiger partial charge in [0.1, 0.15) is 9.84 Å². The first-order chi connectivity index (χ1) is 5.74. The fourth-order valence-corrected chi connectivity index (χ4v) is 1.69. The summed E-state index contributed by atoms with van der Waals surface area (Å²) < 4.78 is 21.6. The van der Waals surface area contributed by atoms with Crippen molar-refractivity contribution in [2.45, 2.75) is 20.3 Å². The normalized spacial score (nSPS) is 16.5. The first kappa shape index (κ1) is 12.4. The van der Waals surface area contributed by atoms with Crippen LogP contribution >= 0.6 is 0 Å². The minimum absolute atomic E-state index is 0.0613. The summed E-state index contributed by atoms with van der Waals surface area (Å²) in [6, 6.07) is 0. The van der Waals surface area contributed by atoms with Gasteiger partial charge >= 0.3 is 5.97 Å². The summed E-state index contributed by atoms with van der Waals surface area (Å²) in [5, 5.41) is 8.63. The largest absolute Gasteiger partial charge is 0.481 e. The molecule has 0 amide bonds. The van der Waals surface area contributed by atoms with E-state index in [-0.39, 0.29) is 11.7 Å². The zero-order chi connectivity index (χ0) is 10.6. The third-order valence-corrected chi connectivity index (χ3v) is 3.16. The zero-order valence-corrected chi connectivity index (χ0v) is 8.97. The highest BCUT2D eigenvalue weighted by Crippen LogP contribution is 2.15. The molecule has 0 rings (SSSR count). The van der Waals surface area contributed by atoms with Gasteiger partial charge in [0.2, 0.25) is 0 Å². The van der Waals surface area contributed by atoms with Crippen LogP contribution in [0.2, 0.25) is 0 Å². The van der Waals surface area contributed by atoms with E-state index >= 15 is 0 Å². The Bertz CT molecular complexity index is 268. The van der Waals surface area contributed by atoms with E-state index in [1.165, 1.54) is 0 Å². The molecule has 78 valence electrons. The van der Waals surface area contributed by atoms with Crippen LogP contribution in [0.3, 0.4) is 0 Å². The standard InChI is InChI=1S/C8H16O4S/c1-6(7(2)8(9)10)4-5-13(3,11)12/h6-7H,4-5H2,1-3H3,(H,9,10). The van der Waals surface area contributed by atoms with Crippen molar-refractivity contribution >= 4 is 15.8 Å². The first-order valence-electron chi connectivity index (χ1n) is 4.14. The summed E-state index contributed by atoms with van der Waals surface area (Å²) >= 11 is 0. The van der Waals surface area contributed by atoms with Crippen LogP contribution in [0.5, 0.6) is 0 Å². The topological polar surface area (TPSA) is 71.4 Å². The molecule has 0 aromatic carbocycles. The van der Waals surface area contributed by atoms with E-state index < -0.39 is 21.7 Å². The van der Waals surface area contributed by atoms with Gasteiger partial charge in [0.15, 0.2) is 0 Å². The van der Waals surface area contributed by atoms with Crippen molar-refractivity contribution < 1.29 is 18.3 Å². The van der Waals surface area contributed by atoms with Crippen LogP contribution in [-0.2, 0) is 14.6 Å². The molecule has 0 saturated carbocycles. The van der Waals surface area contributed by atoms with Crippen LogP contribution < -0.4 is 0 Å². The maximum atomic E-state index is 10.8. The monoisotopic (exact) mass is 208 g/mol. The lowest BCUT2D eigenvalue weighted by Crippen LogP contribution is -2.20. The Hall–Kier alpha value is -0.580. The molecule has 0 fully saturated rings. The molecule has 5 heteroatoms. The van der Waals surface area contributed by atoms with E-state index in [0.717, 1.165) is 6.26 Å².